The van der Waals surface area contributed by atoms with Gasteiger partial charge in [-0.05, 0) is 31.4 Å². The van der Waals surface area contributed by atoms with E-state index in [2.05, 4.69) is 10.3 Å². The third kappa shape index (κ3) is 2.14. The van der Waals surface area contributed by atoms with Crippen LogP contribution < -0.4 is 5.32 Å². The number of pyridine rings is 1. The Morgan fingerprint density at radius 2 is 2.15 bits per heavy atom. The predicted octanol–water partition coefficient (Wildman–Crippen LogP) is 1.12. The van der Waals surface area contributed by atoms with Gasteiger partial charge in [-0.3, -0.25) is 0 Å². The molecular weight excluding hydrogens is 260 g/mol. The summed E-state index contributed by atoms with van der Waals surface area (Å²) >= 11 is 0. The number of carbonyl (C=O) groups is 1. The van der Waals surface area contributed by atoms with Crippen LogP contribution in [0.4, 0.5) is 5.82 Å². The molecule has 0 radical (unpaired) electrons. The summed E-state index contributed by atoms with van der Waals surface area (Å²) in [5.41, 5.74) is 0.0516. The molecule has 1 aliphatic carbocycles. The van der Waals surface area contributed by atoms with Gasteiger partial charge in [0.05, 0.1) is 11.7 Å². The molecule has 3 rings (SSSR count). The lowest BCUT2D eigenvalue weighted by molar-refractivity contribution is -0.133. The molecule has 20 heavy (non-hydrogen) atoms. The average Bonchev–Trinajstić information content (AvgIpc) is 2.48. The Bertz CT molecular complexity index is 496. The summed E-state index contributed by atoms with van der Waals surface area (Å²) in [7, 11) is 0. The Hall–Kier alpha value is -1.66. The Morgan fingerprint density at radius 3 is 2.70 bits per heavy atom. The van der Waals surface area contributed by atoms with Crippen molar-refractivity contribution >= 4 is 11.8 Å². The molecule has 3 N–H and O–H groups in total. The highest BCUT2D eigenvalue weighted by atomic mass is 16.5. The fourth-order valence-electron chi connectivity index (χ4n) is 3.18. The van der Waals surface area contributed by atoms with Crippen LogP contribution in [0.3, 0.4) is 0 Å². The highest BCUT2D eigenvalue weighted by molar-refractivity contribution is 5.87. The van der Waals surface area contributed by atoms with Gasteiger partial charge in [0.2, 0.25) is 0 Å². The average molecular weight is 278 g/mol. The number of carboxylic acid groups (broad SMARTS) is 1. The van der Waals surface area contributed by atoms with Crippen molar-refractivity contribution in [3.8, 4) is 0 Å². The van der Waals surface area contributed by atoms with Gasteiger partial charge in [0, 0.05) is 30.9 Å². The van der Waals surface area contributed by atoms with E-state index in [0.717, 1.165) is 12.8 Å². The van der Waals surface area contributed by atoms with Crippen molar-refractivity contribution in [1.29, 1.82) is 0 Å². The topological polar surface area (TPSA) is 91.7 Å². The number of hydrogen-bond donors (Lipinski definition) is 3. The maximum Gasteiger partial charge on any atom is 0.337 e. The molecule has 1 saturated heterocycles. The first-order valence-electron chi connectivity index (χ1n) is 6.83. The Balaban J connectivity index is 1.70. The van der Waals surface area contributed by atoms with E-state index in [-0.39, 0.29) is 23.1 Å². The number of rotatable bonds is 3. The lowest BCUT2D eigenvalue weighted by Crippen LogP contribution is -2.62. The van der Waals surface area contributed by atoms with E-state index in [0.29, 0.717) is 25.5 Å². The first-order chi connectivity index (χ1) is 9.62. The molecule has 1 saturated carbocycles. The Morgan fingerprint density at radius 1 is 1.40 bits per heavy atom. The van der Waals surface area contributed by atoms with E-state index in [1.54, 1.807) is 6.07 Å². The predicted molar refractivity (Wildman–Crippen MR) is 71.7 cm³/mol. The number of aliphatic hydroxyl groups is 1. The van der Waals surface area contributed by atoms with Gasteiger partial charge in [0.1, 0.15) is 5.82 Å². The smallest absolute Gasteiger partial charge is 0.337 e. The molecule has 1 aromatic heterocycles. The van der Waals surface area contributed by atoms with E-state index in [9.17, 15) is 9.90 Å². The van der Waals surface area contributed by atoms with E-state index < -0.39 is 5.97 Å². The van der Waals surface area contributed by atoms with Gasteiger partial charge < -0.3 is 20.3 Å². The van der Waals surface area contributed by atoms with Crippen molar-refractivity contribution in [2.45, 2.75) is 31.4 Å². The van der Waals surface area contributed by atoms with E-state index in [4.69, 9.17) is 9.84 Å². The number of ether oxygens (including phenoxy) is 1. The highest BCUT2D eigenvalue weighted by Gasteiger charge is 2.54. The van der Waals surface area contributed by atoms with E-state index >= 15 is 0 Å². The summed E-state index contributed by atoms with van der Waals surface area (Å²) in [5, 5.41) is 22.3. The fraction of sp³-hybridized carbons (Fsp3) is 0.571. The lowest BCUT2D eigenvalue weighted by Gasteiger charge is -2.55. The molecule has 1 aromatic rings. The number of nitrogens with zero attached hydrogens (tertiary/aromatic N) is 1. The van der Waals surface area contributed by atoms with Crippen LogP contribution in [0.1, 0.15) is 29.6 Å². The second-order valence-corrected chi connectivity index (χ2v) is 5.53. The van der Waals surface area contributed by atoms with Crippen LogP contribution in [0.2, 0.25) is 0 Å². The van der Waals surface area contributed by atoms with Crippen molar-refractivity contribution in [2.24, 2.45) is 5.41 Å². The Labute approximate surface area is 116 Å². The second kappa shape index (κ2) is 5.03. The van der Waals surface area contributed by atoms with Crippen LogP contribution in [-0.4, -0.2) is 46.5 Å². The molecule has 2 atom stereocenters. The van der Waals surface area contributed by atoms with Gasteiger partial charge in [-0.2, -0.15) is 0 Å². The first kappa shape index (κ1) is 13.3. The zero-order valence-electron chi connectivity index (χ0n) is 11.1. The summed E-state index contributed by atoms with van der Waals surface area (Å²) < 4.78 is 5.37. The maximum atomic E-state index is 10.8. The normalized spacial score (nSPS) is 27.9. The van der Waals surface area contributed by atoms with Gasteiger partial charge in [0.15, 0.2) is 0 Å². The summed E-state index contributed by atoms with van der Waals surface area (Å²) in [4.78, 5) is 14.9. The second-order valence-electron chi connectivity index (χ2n) is 5.53. The van der Waals surface area contributed by atoms with Crippen molar-refractivity contribution in [3.05, 3.63) is 23.9 Å². The molecular formula is C14H18N2O4. The minimum atomic E-state index is -0.982. The van der Waals surface area contributed by atoms with Crippen molar-refractivity contribution in [1.82, 2.24) is 4.98 Å². The minimum absolute atomic E-state index is 0.120. The summed E-state index contributed by atoms with van der Waals surface area (Å²) in [6, 6.07) is 3.37. The number of aromatic carboxylic acids is 1. The molecule has 0 bridgehead atoms. The largest absolute Gasteiger partial charge is 0.478 e. The van der Waals surface area contributed by atoms with Crippen LogP contribution in [-0.2, 0) is 4.74 Å². The molecule has 108 valence electrons. The molecule has 6 heteroatoms. The lowest BCUT2D eigenvalue weighted by atomic mass is 9.58. The molecule has 2 fully saturated rings. The van der Waals surface area contributed by atoms with Gasteiger partial charge >= 0.3 is 5.97 Å². The number of carboxylic acids is 1. The highest BCUT2D eigenvalue weighted by Crippen LogP contribution is 2.49. The van der Waals surface area contributed by atoms with Crippen molar-refractivity contribution in [3.63, 3.8) is 0 Å². The van der Waals surface area contributed by atoms with E-state index in [1.165, 1.54) is 12.3 Å². The molecule has 1 spiro atoms. The van der Waals surface area contributed by atoms with Crippen LogP contribution in [0.15, 0.2) is 18.3 Å². The first-order valence-corrected chi connectivity index (χ1v) is 6.83. The summed E-state index contributed by atoms with van der Waals surface area (Å²) in [5.74, 6) is -0.332. The molecule has 2 aliphatic rings. The maximum absolute atomic E-state index is 10.8. The van der Waals surface area contributed by atoms with Crippen LogP contribution in [0.5, 0.6) is 0 Å². The summed E-state index contributed by atoms with van der Waals surface area (Å²) in [6.07, 6.45) is 3.44. The standard InChI is InChI=1S/C14H18N2O4/c17-11-7-10(14(11)3-5-20-6-4-14)16-12-2-1-9(8-15-12)13(18)19/h1-2,8,10-11,17H,3-7H2,(H,15,16)(H,18,19)/t10-,11-/m1/s1. The number of aromatic nitrogens is 1. The molecule has 1 aliphatic heterocycles. The van der Waals surface area contributed by atoms with Crippen LogP contribution >= 0.6 is 0 Å². The minimum Gasteiger partial charge on any atom is -0.478 e. The van der Waals surface area contributed by atoms with Gasteiger partial charge in [-0.15, -0.1) is 0 Å². The molecule has 2 heterocycles. The van der Waals surface area contributed by atoms with Crippen molar-refractivity contribution in [2.75, 3.05) is 18.5 Å². The van der Waals surface area contributed by atoms with Gasteiger partial charge in [0.25, 0.3) is 0 Å². The number of aliphatic hydroxyl groups excluding tert-OH is 1. The fourth-order valence-corrected chi connectivity index (χ4v) is 3.18. The van der Waals surface area contributed by atoms with Crippen LogP contribution in [0.25, 0.3) is 0 Å². The summed E-state index contributed by atoms with van der Waals surface area (Å²) in [6.45, 7) is 1.36. The Kier molecular flexibility index (Phi) is 3.35. The zero-order valence-corrected chi connectivity index (χ0v) is 11.1. The van der Waals surface area contributed by atoms with Crippen LogP contribution in [0, 0.1) is 5.41 Å². The van der Waals surface area contributed by atoms with Gasteiger partial charge in [-0.1, -0.05) is 0 Å². The third-order valence-corrected chi connectivity index (χ3v) is 4.57. The molecule has 0 unspecified atom stereocenters. The SMILES string of the molecule is O=C(O)c1ccc(N[C@@H]2C[C@@H](O)C23CCOCC3)nc1. The molecule has 0 amide bonds. The third-order valence-electron chi connectivity index (χ3n) is 4.57. The number of anilines is 1. The van der Waals surface area contributed by atoms with Gasteiger partial charge in [-0.25, -0.2) is 9.78 Å². The molecule has 0 aromatic carbocycles. The van der Waals surface area contributed by atoms with E-state index in [1.807, 2.05) is 0 Å². The monoisotopic (exact) mass is 278 g/mol. The van der Waals surface area contributed by atoms with Crippen molar-refractivity contribution < 1.29 is 19.7 Å². The zero-order chi connectivity index (χ0) is 14.2. The molecule has 6 nitrogen and oxygen atoms in total. The number of nitrogens with one attached hydrogen (secondary N) is 1. The number of hydrogen-bond acceptors (Lipinski definition) is 5. The quantitative estimate of drug-likeness (QED) is 0.767.